The number of hydrogen-bond donors (Lipinski definition) is 0. The number of benzene rings is 3. The zero-order valence-electron chi connectivity index (χ0n) is 21.2. The number of aryl methyl sites for hydroxylation is 1. The van der Waals surface area contributed by atoms with Gasteiger partial charge in [-0.05, 0) is 64.4 Å². The van der Waals surface area contributed by atoms with E-state index in [2.05, 4.69) is 95.1 Å². The topological polar surface area (TPSA) is 38.9 Å². The van der Waals surface area contributed by atoms with E-state index in [1.807, 2.05) is 0 Å². The van der Waals surface area contributed by atoms with Crippen LogP contribution in [0, 0.1) is 12.8 Å². The van der Waals surface area contributed by atoms with Crippen LogP contribution in [-0.2, 0) is 11.8 Å². The number of aromatic nitrogens is 2. The lowest BCUT2D eigenvalue weighted by molar-refractivity contribution is 0.496. The molecule has 0 atom stereocenters. The molecule has 0 saturated carbocycles. The monoisotopic (exact) mass is 478 g/mol. The molecule has 6 rings (SSSR count). The van der Waals surface area contributed by atoms with Crippen LogP contribution in [0.5, 0.6) is 0 Å². The summed E-state index contributed by atoms with van der Waals surface area (Å²) in [6, 6.07) is 17.7. The second-order valence-corrected chi connectivity index (χ2v) is 12.1. The summed E-state index contributed by atoms with van der Waals surface area (Å²) >= 11 is 1.74. The quantitative estimate of drug-likeness (QED) is 0.254. The molecule has 0 fully saturated rings. The van der Waals surface area contributed by atoms with Gasteiger partial charge in [-0.25, -0.2) is 9.97 Å². The molecule has 4 heteroatoms. The minimum Gasteiger partial charge on any atom is -0.461 e. The number of furan rings is 1. The fraction of sp³-hybridized carbons (Fsp3) is 0.290. The Morgan fingerprint density at radius 2 is 1.74 bits per heavy atom. The molecule has 0 aliphatic heterocycles. The van der Waals surface area contributed by atoms with Crippen molar-refractivity contribution in [1.82, 2.24) is 9.97 Å². The van der Waals surface area contributed by atoms with E-state index in [0.29, 0.717) is 5.92 Å². The Hall–Kier alpha value is -3.24. The Balaban J connectivity index is 1.64. The Bertz CT molecular complexity index is 1750. The van der Waals surface area contributed by atoms with Gasteiger partial charge in [-0.2, -0.15) is 0 Å². The molecule has 3 aromatic heterocycles. The second kappa shape index (κ2) is 7.89. The standard InChI is InChI=1S/C31H30N2OS/c1-17(2)11-25-18(3)22-15-27-23(14-26(22)34-25)28-29(32-16-33-30(28)35-27)20-12-19-9-7-8-10-21(19)24(13-20)31(4,5)6/h7-10,12-17H,11H2,1-6H3. The van der Waals surface area contributed by atoms with E-state index in [9.17, 15) is 0 Å². The highest BCUT2D eigenvalue weighted by Crippen LogP contribution is 2.43. The van der Waals surface area contributed by atoms with Crippen LogP contribution in [0.15, 0.2) is 59.3 Å². The van der Waals surface area contributed by atoms with Gasteiger partial charge in [0.1, 0.15) is 22.5 Å². The molecule has 6 aromatic rings. The van der Waals surface area contributed by atoms with Crippen LogP contribution in [0.2, 0.25) is 0 Å². The highest BCUT2D eigenvalue weighted by atomic mass is 32.1. The molecule has 0 amide bonds. The first-order valence-corrected chi connectivity index (χ1v) is 13.1. The SMILES string of the molecule is Cc1c(CC(C)C)oc2cc3c(cc12)sc1ncnc(-c2cc(C(C)(C)C)c4ccccc4c2)c13. The van der Waals surface area contributed by atoms with Gasteiger partial charge in [0, 0.05) is 32.8 Å². The van der Waals surface area contributed by atoms with Gasteiger partial charge in [-0.15, -0.1) is 11.3 Å². The molecule has 176 valence electrons. The van der Waals surface area contributed by atoms with Crippen molar-refractivity contribution in [3.05, 3.63) is 71.7 Å². The number of hydrogen-bond acceptors (Lipinski definition) is 4. The van der Waals surface area contributed by atoms with Crippen LogP contribution >= 0.6 is 11.3 Å². The first kappa shape index (κ1) is 22.2. The van der Waals surface area contributed by atoms with E-state index in [-0.39, 0.29) is 5.41 Å². The normalized spacial score (nSPS) is 12.7. The molecule has 3 heterocycles. The van der Waals surface area contributed by atoms with E-state index in [1.165, 1.54) is 37.4 Å². The molecule has 0 spiro atoms. The summed E-state index contributed by atoms with van der Waals surface area (Å²) in [5.74, 6) is 1.65. The molecule has 35 heavy (non-hydrogen) atoms. The lowest BCUT2D eigenvalue weighted by Gasteiger charge is -2.22. The largest absolute Gasteiger partial charge is 0.461 e. The Kier molecular flexibility index (Phi) is 5.01. The smallest absolute Gasteiger partial charge is 0.135 e. The summed E-state index contributed by atoms with van der Waals surface area (Å²) in [5, 5.41) is 6.03. The first-order valence-electron chi connectivity index (χ1n) is 12.3. The number of nitrogens with zero attached hydrogens (tertiary/aromatic N) is 2. The Morgan fingerprint density at radius 1 is 0.943 bits per heavy atom. The van der Waals surface area contributed by atoms with E-state index in [4.69, 9.17) is 9.40 Å². The maximum atomic E-state index is 6.37. The maximum absolute atomic E-state index is 6.37. The summed E-state index contributed by atoms with van der Waals surface area (Å²) in [7, 11) is 0. The fourth-order valence-electron chi connectivity index (χ4n) is 5.22. The third-order valence-corrected chi connectivity index (χ3v) is 8.02. The van der Waals surface area contributed by atoms with E-state index in [1.54, 1.807) is 17.7 Å². The molecule has 3 nitrogen and oxygen atoms in total. The zero-order chi connectivity index (χ0) is 24.5. The molecule has 0 radical (unpaired) electrons. The number of fused-ring (bicyclic) bond motifs is 5. The first-order chi connectivity index (χ1) is 16.7. The highest BCUT2D eigenvalue weighted by molar-refractivity contribution is 7.25. The minimum absolute atomic E-state index is 0.0170. The second-order valence-electron chi connectivity index (χ2n) is 11.1. The van der Waals surface area contributed by atoms with Gasteiger partial charge in [0.15, 0.2) is 0 Å². The van der Waals surface area contributed by atoms with Crippen LogP contribution in [-0.4, -0.2) is 9.97 Å². The van der Waals surface area contributed by atoms with Crippen molar-refractivity contribution in [3.8, 4) is 11.3 Å². The molecular weight excluding hydrogens is 448 g/mol. The van der Waals surface area contributed by atoms with Gasteiger partial charge in [-0.1, -0.05) is 58.9 Å². The predicted molar refractivity (Wildman–Crippen MR) is 150 cm³/mol. The minimum atomic E-state index is 0.0170. The summed E-state index contributed by atoms with van der Waals surface area (Å²) in [6.45, 7) is 13.5. The fourth-order valence-corrected chi connectivity index (χ4v) is 6.29. The molecular formula is C31H30N2OS. The molecule has 0 N–H and O–H groups in total. The van der Waals surface area contributed by atoms with Crippen molar-refractivity contribution in [2.75, 3.05) is 0 Å². The molecule has 0 aliphatic rings. The molecule has 0 bridgehead atoms. The van der Waals surface area contributed by atoms with Crippen molar-refractivity contribution < 1.29 is 4.42 Å². The lowest BCUT2D eigenvalue weighted by atomic mass is 9.82. The van der Waals surface area contributed by atoms with Crippen LogP contribution < -0.4 is 0 Å². The van der Waals surface area contributed by atoms with Gasteiger partial charge >= 0.3 is 0 Å². The zero-order valence-corrected chi connectivity index (χ0v) is 22.0. The summed E-state index contributed by atoms with van der Waals surface area (Å²) in [5.41, 5.74) is 5.68. The average molecular weight is 479 g/mol. The summed E-state index contributed by atoms with van der Waals surface area (Å²) in [6.07, 6.45) is 2.66. The summed E-state index contributed by atoms with van der Waals surface area (Å²) < 4.78 is 7.59. The number of thiophene rings is 1. The highest BCUT2D eigenvalue weighted by Gasteiger charge is 2.21. The van der Waals surface area contributed by atoms with Crippen molar-refractivity contribution in [3.63, 3.8) is 0 Å². The van der Waals surface area contributed by atoms with Crippen LogP contribution in [0.3, 0.4) is 0 Å². The Labute approximate surface area is 209 Å². The molecule has 0 aliphatic carbocycles. The average Bonchev–Trinajstić information content (AvgIpc) is 3.32. The van der Waals surface area contributed by atoms with Crippen molar-refractivity contribution in [1.29, 1.82) is 0 Å². The van der Waals surface area contributed by atoms with Gasteiger partial charge in [-0.3, -0.25) is 0 Å². The maximum Gasteiger partial charge on any atom is 0.135 e. The van der Waals surface area contributed by atoms with Crippen molar-refractivity contribution in [2.24, 2.45) is 5.92 Å². The summed E-state index contributed by atoms with van der Waals surface area (Å²) in [4.78, 5) is 10.5. The van der Waals surface area contributed by atoms with Crippen molar-refractivity contribution in [2.45, 2.75) is 53.4 Å². The van der Waals surface area contributed by atoms with Gasteiger partial charge in [0.05, 0.1) is 5.69 Å². The van der Waals surface area contributed by atoms with Gasteiger partial charge < -0.3 is 4.42 Å². The van der Waals surface area contributed by atoms with Crippen molar-refractivity contribution >= 4 is 53.4 Å². The van der Waals surface area contributed by atoms with Crippen LogP contribution in [0.25, 0.3) is 53.3 Å². The van der Waals surface area contributed by atoms with Crippen LogP contribution in [0.1, 0.15) is 51.5 Å². The molecule has 3 aromatic carbocycles. The predicted octanol–water partition coefficient (Wildman–Crippen LogP) is 9.22. The van der Waals surface area contributed by atoms with Crippen LogP contribution in [0.4, 0.5) is 0 Å². The van der Waals surface area contributed by atoms with E-state index >= 15 is 0 Å². The van der Waals surface area contributed by atoms with Gasteiger partial charge in [0.2, 0.25) is 0 Å². The lowest BCUT2D eigenvalue weighted by Crippen LogP contribution is -2.12. The molecule has 0 unspecified atom stereocenters. The molecule has 0 saturated heterocycles. The van der Waals surface area contributed by atoms with Gasteiger partial charge in [0.25, 0.3) is 0 Å². The Morgan fingerprint density at radius 3 is 2.51 bits per heavy atom. The number of rotatable bonds is 3. The van der Waals surface area contributed by atoms with E-state index < -0.39 is 0 Å². The third kappa shape index (κ3) is 3.63. The van der Waals surface area contributed by atoms with E-state index in [0.717, 1.165) is 39.2 Å². The third-order valence-electron chi connectivity index (χ3n) is 6.96.